The number of ether oxygens (including phenoxy) is 2. The highest BCUT2D eigenvalue weighted by atomic mass is 35.5. The molecule has 0 radical (unpaired) electrons. The summed E-state index contributed by atoms with van der Waals surface area (Å²) in [4.78, 5) is 60.7. The summed E-state index contributed by atoms with van der Waals surface area (Å²) in [5, 5.41) is 7.36. The molecule has 3 saturated heterocycles. The molecule has 80 heavy (non-hydrogen) atoms. The van der Waals surface area contributed by atoms with E-state index in [0.29, 0.717) is 88.9 Å². The molecule has 5 heterocycles. The molecule has 3 aromatic carbocycles. The van der Waals surface area contributed by atoms with E-state index in [4.69, 9.17) is 31.3 Å². The van der Waals surface area contributed by atoms with E-state index in [1.54, 1.807) is 40.1 Å². The number of rotatable bonds is 19. The van der Waals surface area contributed by atoms with Gasteiger partial charge in [-0.1, -0.05) is 62.4 Å². The number of carbonyl (C=O) groups is 3. The first-order chi connectivity index (χ1) is 38.2. The number of hydrogen-bond acceptors (Lipinski definition) is 13. The molecule has 3 aliphatic heterocycles. The van der Waals surface area contributed by atoms with Crippen molar-refractivity contribution in [2.75, 3.05) is 70.5 Å². The Morgan fingerprint density at radius 2 is 1.65 bits per heavy atom. The number of nitrogens with one attached hydrogen (secondary N) is 1. The zero-order valence-corrected chi connectivity index (χ0v) is 45.5. The number of piperidine rings is 1. The lowest BCUT2D eigenvalue weighted by atomic mass is 9.91. The van der Waals surface area contributed by atoms with Crippen molar-refractivity contribution in [1.29, 1.82) is 0 Å². The van der Waals surface area contributed by atoms with Crippen LogP contribution in [0.15, 0.2) is 100 Å². The molecule has 2 aromatic heterocycles. The summed E-state index contributed by atoms with van der Waals surface area (Å²) in [5.74, 6) is -3.17. The number of nitrogens with two attached hydrogens (primary N) is 1. The van der Waals surface area contributed by atoms with Gasteiger partial charge in [0.2, 0.25) is 17.7 Å². The van der Waals surface area contributed by atoms with Crippen molar-refractivity contribution >= 4 is 52.3 Å². The largest absolute Gasteiger partial charge is 0.475 e. The highest BCUT2D eigenvalue weighted by Crippen LogP contribution is 2.36. The Morgan fingerprint density at radius 3 is 2.31 bits per heavy atom. The average molecular weight is 1130 g/mol. The van der Waals surface area contributed by atoms with Crippen molar-refractivity contribution in [2.24, 2.45) is 22.6 Å². The third kappa shape index (κ3) is 14.3. The van der Waals surface area contributed by atoms with Gasteiger partial charge < -0.3 is 39.7 Å². The second kappa shape index (κ2) is 25.8. The normalized spacial score (nSPS) is 17.9. The maximum atomic E-state index is 16.5. The quantitative estimate of drug-likeness (QED) is 0.0346. The molecule has 0 aliphatic carbocycles. The molecule has 0 bridgehead atoms. The van der Waals surface area contributed by atoms with Crippen LogP contribution in [0.3, 0.4) is 0 Å². The van der Waals surface area contributed by atoms with Crippen LogP contribution in [0.25, 0.3) is 22.0 Å². The standard InChI is InChI=1S/C57H63ClF6N10O6/c1-6-48(75)72-21-23-73(24-22-72)53-39-28-41(58)40(31-66-46(65)27-34(4)30-57(62,63)64)51(61)52(39)68-56(69-53)78-26-25-71-19-16-36(17-20-71)32-79-47-29-45(80-70-47)49(33(2)3)55(77)74-18-8-11-44(74)54(76)67-35(5)37-12-14-38(15-13-37)50-42(59)9-7-10-43(50)60/h6-7,9-10,12-15,27-31,33,35-36,44,49H,1,8,11,16-26,32,65H2,2-5H3,(H,67,76)/b34-30+,46-27-,66-31+. The second-order valence-corrected chi connectivity index (χ2v) is 20.9. The molecule has 426 valence electrons. The second-order valence-electron chi connectivity index (χ2n) is 20.5. The van der Waals surface area contributed by atoms with Crippen LogP contribution in [-0.4, -0.2) is 132 Å². The van der Waals surface area contributed by atoms with Gasteiger partial charge in [-0.2, -0.15) is 23.1 Å². The third-order valence-electron chi connectivity index (χ3n) is 14.5. The van der Waals surface area contributed by atoms with Gasteiger partial charge in [0.15, 0.2) is 11.6 Å². The number of halogens is 7. The van der Waals surface area contributed by atoms with Crippen LogP contribution in [0.1, 0.15) is 82.2 Å². The number of fused-ring (bicyclic) bond motifs is 1. The van der Waals surface area contributed by atoms with Crippen molar-refractivity contribution in [3.63, 3.8) is 0 Å². The zero-order valence-electron chi connectivity index (χ0n) is 44.7. The molecular formula is C57H63ClF6N10O6. The van der Waals surface area contributed by atoms with Gasteiger partial charge in [-0.25, -0.2) is 18.2 Å². The Hall–Kier alpha value is -7.46. The molecule has 5 aromatic rings. The number of aliphatic imine (C=N–C) groups is 1. The van der Waals surface area contributed by atoms with Crippen LogP contribution in [0, 0.1) is 29.3 Å². The Kier molecular flexibility index (Phi) is 18.9. The van der Waals surface area contributed by atoms with E-state index in [-0.39, 0.29) is 92.6 Å². The summed E-state index contributed by atoms with van der Waals surface area (Å²) in [6, 6.07) is 12.2. The highest BCUT2D eigenvalue weighted by molar-refractivity contribution is 6.34. The van der Waals surface area contributed by atoms with Crippen LogP contribution in [0.5, 0.6) is 11.9 Å². The molecule has 3 unspecified atom stereocenters. The molecule has 16 nitrogen and oxygen atoms in total. The summed E-state index contributed by atoms with van der Waals surface area (Å²) in [6.07, 6.45) is 1.43. The molecule has 3 aliphatic rings. The number of allylic oxidation sites excluding steroid dienone is 3. The monoisotopic (exact) mass is 1130 g/mol. The van der Waals surface area contributed by atoms with Crippen molar-refractivity contribution in [3.05, 3.63) is 130 Å². The number of alkyl halides is 3. The van der Waals surface area contributed by atoms with Gasteiger partial charge in [-0.15, -0.1) is 0 Å². The maximum Gasteiger partial charge on any atom is 0.410 e. The van der Waals surface area contributed by atoms with Crippen molar-refractivity contribution in [3.8, 4) is 23.0 Å². The van der Waals surface area contributed by atoms with Crippen LogP contribution in [0.2, 0.25) is 5.02 Å². The fraction of sp³-hybridized carbons (Fsp3) is 0.421. The van der Waals surface area contributed by atoms with Crippen LogP contribution in [0.4, 0.5) is 32.2 Å². The predicted molar refractivity (Wildman–Crippen MR) is 290 cm³/mol. The number of carbonyl (C=O) groups excluding carboxylic acids is 3. The van der Waals surface area contributed by atoms with E-state index >= 15 is 4.39 Å². The number of benzene rings is 3. The molecule has 3 atom stereocenters. The van der Waals surface area contributed by atoms with Gasteiger partial charge in [0, 0.05) is 68.6 Å². The minimum absolute atomic E-state index is 0.0609. The average Bonchev–Trinajstić information content (AvgIpc) is 4.15. The molecule has 3 N–H and O–H groups in total. The third-order valence-corrected chi connectivity index (χ3v) is 14.8. The van der Waals surface area contributed by atoms with Gasteiger partial charge in [-0.05, 0) is 117 Å². The Morgan fingerprint density at radius 1 is 0.950 bits per heavy atom. The Labute approximate surface area is 464 Å². The molecule has 0 spiro atoms. The Bertz CT molecular complexity index is 3130. The first-order valence-electron chi connectivity index (χ1n) is 26.4. The lowest BCUT2D eigenvalue weighted by Crippen LogP contribution is -2.48. The van der Waals surface area contributed by atoms with E-state index in [0.717, 1.165) is 30.7 Å². The number of hydrogen-bond donors (Lipinski definition) is 2. The summed E-state index contributed by atoms with van der Waals surface area (Å²) in [5.41, 5.74) is 6.27. The molecular weight excluding hydrogens is 1070 g/mol. The summed E-state index contributed by atoms with van der Waals surface area (Å²) in [7, 11) is 0. The van der Waals surface area contributed by atoms with E-state index < -0.39 is 41.6 Å². The number of nitrogens with zero attached hydrogens (tertiary/aromatic N) is 8. The minimum Gasteiger partial charge on any atom is -0.475 e. The predicted octanol–water partition coefficient (Wildman–Crippen LogP) is 9.70. The first kappa shape index (κ1) is 58.7. The first-order valence-corrected chi connectivity index (χ1v) is 26.8. The van der Waals surface area contributed by atoms with E-state index in [1.807, 2.05) is 25.7 Å². The van der Waals surface area contributed by atoms with Crippen molar-refractivity contribution < 1.29 is 54.7 Å². The fourth-order valence-corrected chi connectivity index (χ4v) is 10.5. The molecule has 8 rings (SSSR count). The van der Waals surface area contributed by atoms with Crippen LogP contribution >= 0.6 is 11.6 Å². The van der Waals surface area contributed by atoms with Crippen molar-refractivity contribution in [2.45, 2.75) is 77.6 Å². The smallest absolute Gasteiger partial charge is 0.410 e. The molecule has 3 amide bonds. The van der Waals surface area contributed by atoms with Gasteiger partial charge in [0.05, 0.1) is 23.2 Å². The van der Waals surface area contributed by atoms with Gasteiger partial charge in [0.1, 0.15) is 47.4 Å². The summed E-state index contributed by atoms with van der Waals surface area (Å²) < 4.78 is 102. The van der Waals surface area contributed by atoms with Gasteiger partial charge in [-0.3, -0.25) is 19.3 Å². The van der Waals surface area contributed by atoms with Crippen LogP contribution < -0.4 is 25.4 Å². The SMILES string of the molecule is C=CC(=O)N1CCN(c2nc(OCCN3CCC(COc4cc(C(C(=O)N5CCCC5C(=O)NC(C)c5ccc(-c6c(F)cccc6F)cc5)C(C)C)on4)CC3)nc3c(F)c(/C=N/C(N)=C\C(C)=C\C(F)(F)F)c(Cl)cc23)CC1. The topological polar surface area (TPSA) is 185 Å². The van der Waals surface area contributed by atoms with Crippen LogP contribution in [-0.2, 0) is 14.4 Å². The fourth-order valence-electron chi connectivity index (χ4n) is 10.2. The molecule has 3 fully saturated rings. The number of piperazine rings is 1. The molecule has 0 saturated carbocycles. The van der Waals surface area contributed by atoms with E-state index in [9.17, 15) is 36.3 Å². The molecule has 23 heteroatoms. The number of likely N-dealkylation sites (tertiary alicyclic amines) is 2. The van der Waals surface area contributed by atoms with Crippen molar-refractivity contribution in [1.82, 2.24) is 35.1 Å². The van der Waals surface area contributed by atoms with Gasteiger partial charge in [0.25, 0.3) is 5.88 Å². The number of amides is 3. The maximum absolute atomic E-state index is 16.5. The minimum atomic E-state index is -4.57. The van der Waals surface area contributed by atoms with E-state index in [2.05, 4.69) is 36.9 Å². The zero-order chi connectivity index (χ0) is 57.4. The lowest BCUT2D eigenvalue weighted by Gasteiger charge is -2.35. The van der Waals surface area contributed by atoms with Gasteiger partial charge >= 0.3 is 12.2 Å². The number of anilines is 1. The number of aromatic nitrogens is 3. The Balaban J connectivity index is 0.848. The summed E-state index contributed by atoms with van der Waals surface area (Å²) >= 11 is 6.58. The summed E-state index contributed by atoms with van der Waals surface area (Å²) in [6.45, 7) is 14.6. The lowest BCUT2D eigenvalue weighted by molar-refractivity contribution is -0.141. The highest BCUT2D eigenvalue weighted by Gasteiger charge is 2.41. The van der Waals surface area contributed by atoms with E-state index in [1.165, 1.54) is 37.3 Å².